The van der Waals surface area contributed by atoms with Gasteiger partial charge in [-0.2, -0.15) is 0 Å². The molecular formula is C19H17ClN2O. The highest BCUT2D eigenvalue weighted by Crippen LogP contribution is 2.33. The van der Waals surface area contributed by atoms with Crippen LogP contribution in [0.3, 0.4) is 0 Å². The number of hydrogen-bond donors (Lipinski definition) is 2. The molecule has 0 aliphatic rings. The van der Waals surface area contributed by atoms with Crippen LogP contribution >= 0.6 is 11.6 Å². The second-order valence-corrected chi connectivity index (χ2v) is 5.73. The van der Waals surface area contributed by atoms with Gasteiger partial charge in [-0.3, -0.25) is 4.79 Å². The number of H-pyrrole nitrogens is 1. The molecule has 0 saturated carbocycles. The lowest BCUT2D eigenvalue weighted by molar-refractivity contribution is 1.23. The lowest BCUT2D eigenvalue weighted by atomic mass is 9.94. The molecule has 3 rings (SSSR count). The Morgan fingerprint density at radius 2 is 1.87 bits per heavy atom. The fourth-order valence-corrected chi connectivity index (χ4v) is 3.14. The molecule has 0 radical (unpaired) electrons. The van der Waals surface area contributed by atoms with E-state index in [1.807, 2.05) is 48.5 Å². The Hall–Kier alpha value is -2.52. The third-order valence-corrected chi connectivity index (χ3v) is 4.21. The molecule has 0 amide bonds. The van der Waals surface area contributed by atoms with Crippen LogP contribution in [-0.2, 0) is 0 Å². The summed E-state index contributed by atoms with van der Waals surface area (Å²) in [5.74, 6) is 0. The molecule has 2 aromatic carbocycles. The van der Waals surface area contributed by atoms with Gasteiger partial charge < -0.3 is 10.7 Å². The molecule has 3 N–H and O–H groups in total. The van der Waals surface area contributed by atoms with E-state index in [1.54, 1.807) is 0 Å². The van der Waals surface area contributed by atoms with Crippen LogP contribution in [-0.4, -0.2) is 4.98 Å². The van der Waals surface area contributed by atoms with Crippen molar-refractivity contribution in [1.29, 1.82) is 0 Å². The van der Waals surface area contributed by atoms with Crippen LogP contribution in [0.5, 0.6) is 0 Å². The SMILES string of the molecule is CC/C(=C(/N)c1ccccc1)c1cccc2[nH]c(=O)cc(Cl)c12. The lowest BCUT2D eigenvalue weighted by Gasteiger charge is -2.14. The molecule has 4 heteroatoms. The van der Waals surface area contributed by atoms with Gasteiger partial charge in [-0.05, 0) is 29.2 Å². The molecule has 1 heterocycles. The minimum Gasteiger partial charge on any atom is -0.398 e. The number of allylic oxidation sites excluding steroid dienone is 1. The molecule has 0 aliphatic heterocycles. The van der Waals surface area contributed by atoms with E-state index in [2.05, 4.69) is 11.9 Å². The zero-order chi connectivity index (χ0) is 16.4. The van der Waals surface area contributed by atoms with Gasteiger partial charge in [0.25, 0.3) is 0 Å². The lowest BCUT2D eigenvalue weighted by Crippen LogP contribution is -2.06. The smallest absolute Gasteiger partial charge is 0.249 e. The average Bonchev–Trinajstić information content (AvgIpc) is 2.55. The maximum atomic E-state index is 11.6. The summed E-state index contributed by atoms with van der Waals surface area (Å²) >= 11 is 6.34. The molecule has 0 spiro atoms. The Kier molecular flexibility index (Phi) is 4.22. The van der Waals surface area contributed by atoms with Gasteiger partial charge in [0.2, 0.25) is 5.56 Å². The van der Waals surface area contributed by atoms with Gasteiger partial charge in [0, 0.05) is 17.1 Å². The Labute approximate surface area is 139 Å². The predicted molar refractivity (Wildman–Crippen MR) is 97.3 cm³/mol. The molecule has 23 heavy (non-hydrogen) atoms. The third-order valence-electron chi connectivity index (χ3n) is 3.91. The topological polar surface area (TPSA) is 58.9 Å². The zero-order valence-electron chi connectivity index (χ0n) is 12.8. The van der Waals surface area contributed by atoms with Crippen LogP contribution in [0.1, 0.15) is 24.5 Å². The molecule has 0 unspecified atom stereocenters. The monoisotopic (exact) mass is 324 g/mol. The number of halogens is 1. The van der Waals surface area contributed by atoms with Crippen LogP contribution in [0.2, 0.25) is 5.02 Å². The molecule has 0 bridgehead atoms. The molecule has 116 valence electrons. The number of aromatic amines is 1. The second kappa shape index (κ2) is 6.31. The van der Waals surface area contributed by atoms with E-state index in [0.717, 1.165) is 34.2 Å². The van der Waals surface area contributed by atoms with Crippen molar-refractivity contribution in [3.8, 4) is 0 Å². The Balaban J connectivity index is 2.32. The first-order chi connectivity index (χ1) is 11.1. The van der Waals surface area contributed by atoms with Crippen LogP contribution in [0.15, 0.2) is 59.4 Å². The van der Waals surface area contributed by atoms with Gasteiger partial charge in [-0.1, -0.05) is 61.0 Å². The van der Waals surface area contributed by atoms with Crippen molar-refractivity contribution >= 4 is 33.8 Å². The summed E-state index contributed by atoms with van der Waals surface area (Å²) < 4.78 is 0. The highest BCUT2D eigenvalue weighted by molar-refractivity contribution is 6.36. The third kappa shape index (κ3) is 2.88. The van der Waals surface area contributed by atoms with E-state index in [4.69, 9.17) is 17.3 Å². The number of nitrogens with one attached hydrogen (secondary N) is 1. The van der Waals surface area contributed by atoms with Gasteiger partial charge in [-0.15, -0.1) is 0 Å². The van der Waals surface area contributed by atoms with Crippen molar-refractivity contribution in [2.75, 3.05) is 0 Å². The number of rotatable bonds is 3. The van der Waals surface area contributed by atoms with Crippen molar-refractivity contribution in [2.45, 2.75) is 13.3 Å². The average molecular weight is 325 g/mol. The second-order valence-electron chi connectivity index (χ2n) is 5.32. The number of hydrogen-bond acceptors (Lipinski definition) is 2. The summed E-state index contributed by atoms with van der Waals surface area (Å²) in [6.45, 7) is 2.06. The summed E-state index contributed by atoms with van der Waals surface area (Å²) in [5, 5.41) is 1.26. The van der Waals surface area contributed by atoms with E-state index in [1.165, 1.54) is 6.07 Å². The standard InChI is InChI=1S/C19H17ClN2O/c1-2-13(19(21)12-7-4-3-5-8-12)14-9-6-10-16-18(14)15(20)11-17(23)22-16/h3-11H,2,21H2,1H3,(H,22,23)/b19-13-. The van der Waals surface area contributed by atoms with Gasteiger partial charge >= 0.3 is 0 Å². The first-order valence-corrected chi connectivity index (χ1v) is 7.85. The van der Waals surface area contributed by atoms with Crippen LogP contribution < -0.4 is 11.3 Å². The van der Waals surface area contributed by atoms with E-state index in [0.29, 0.717) is 10.5 Å². The van der Waals surface area contributed by atoms with Gasteiger partial charge in [0.05, 0.1) is 10.5 Å². The van der Waals surface area contributed by atoms with E-state index in [-0.39, 0.29) is 5.56 Å². The Morgan fingerprint density at radius 1 is 1.13 bits per heavy atom. The predicted octanol–water partition coefficient (Wildman–Crippen LogP) is 4.42. The molecule has 1 aromatic heterocycles. The highest BCUT2D eigenvalue weighted by atomic mass is 35.5. The summed E-state index contributed by atoms with van der Waals surface area (Å²) in [6.07, 6.45) is 0.759. The van der Waals surface area contributed by atoms with Crippen LogP contribution in [0.4, 0.5) is 0 Å². The summed E-state index contributed by atoms with van der Waals surface area (Å²) in [7, 11) is 0. The number of nitrogens with two attached hydrogens (primary N) is 1. The van der Waals surface area contributed by atoms with Crippen molar-refractivity contribution in [3.05, 3.63) is 81.1 Å². The zero-order valence-corrected chi connectivity index (χ0v) is 13.5. The number of pyridine rings is 1. The molecular weight excluding hydrogens is 308 g/mol. The maximum Gasteiger partial charge on any atom is 0.249 e. The van der Waals surface area contributed by atoms with E-state index >= 15 is 0 Å². The fourth-order valence-electron chi connectivity index (χ4n) is 2.84. The minimum absolute atomic E-state index is 0.210. The number of aromatic nitrogens is 1. The molecule has 0 fully saturated rings. The number of benzene rings is 2. The van der Waals surface area contributed by atoms with Crippen LogP contribution in [0.25, 0.3) is 22.2 Å². The van der Waals surface area contributed by atoms with Gasteiger partial charge in [0.15, 0.2) is 0 Å². The van der Waals surface area contributed by atoms with Crippen molar-refractivity contribution in [2.24, 2.45) is 5.73 Å². The highest BCUT2D eigenvalue weighted by Gasteiger charge is 2.13. The van der Waals surface area contributed by atoms with Crippen molar-refractivity contribution < 1.29 is 0 Å². The molecule has 0 saturated heterocycles. The molecule has 0 aliphatic carbocycles. The van der Waals surface area contributed by atoms with Gasteiger partial charge in [-0.25, -0.2) is 0 Å². The largest absolute Gasteiger partial charge is 0.398 e. The quantitative estimate of drug-likeness (QED) is 0.701. The maximum absolute atomic E-state index is 11.6. The number of fused-ring (bicyclic) bond motifs is 1. The molecule has 3 aromatic rings. The summed E-state index contributed by atoms with van der Waals surface area (Å²) in [5.41, 5.74) is 10.6. The first-order valence-electron chi connectivity index (χ1n) is 7.47. The summed E-state index contributed by atoms with van der Waals surface area (Å²) in [6, 6.07) is 17.0. The van der Waals surface area contributed by atoms with Crippen molar-refractivity contribution in [1.82, 2.24) is 4.98 Å². The Bertz CT molecular complexity index is 942. The normalized spacial score (nSPS) is 12.3. The van der Waals surface area contributed by atoms with Crippen molar-refractivity contribution in [3.63, 3.8) is 0 Å². The fraction of sp³-hybridized carbons (Fsp3) is 0.105. The minimum atomic E-state index is -0.210. The first kappa shape index (κ1) is 15.4. The van der Waals surface area contributed by atoms with E-state index in [9.17, 15) is 4.79 Å². The van der Waals surface area contributed by atoms with E-state index < -0.39 is 0 Å². The van der Waals surface area contributed by atoms with Gasteiger partial charge in [0.1, 0.15) is 0 Å². The van der Waals surface area contributed by atoms with Crippen LogP contribution in [0, 0.1) is 0 Å². The summed E-state index contributed by atoms with van der Waals surface area (Å²) in [4.78, 5) is 14.5. The molecule has 0 atom stereocenters. The molecule has 3 nitrogen and oxygen atoms in total. The Morgan fingerprint density at radius 3 is 2.57 bits per heavy atom.